The molecule has 1 aliphatic rings. The number of nitrogens with one attached hydrogen (secondary N) is 1. The lowest BCUT2D eigenvalue weighted by Gasteiger charge is -2.18. The van der Waals surface area contributed by atoms with Gasteiger partial charge >= 0.3 is 0 Å². The third-order valence-electron chi connectivity index (χ3n) is 3.67. The molecule has 92 valence electrons. The van der Waals surface area contributed by atoms with E-state index in [0.29, 0.717) is 12.5 Å². The van der Waals surface area contributed by atoms with E-state index in [9.17, 15) is 4.79 Å². The first-order valence-corrected chi connectivity index (χ1v) is 6.53. The monoisotopic (exact) mass is 231 g/mol. The molecule has 2 rings (SSSR count). The fourth-order valence-corrected chi connectivity index (χ4v) is 2.57. The molecular formula is C15H21NO. The average molecular weight is 231 g/mol. The zero-order valence-electron chi connectivity index (χ0n) is 10.7. The Morgan fingerprint density at radius 3 is 2.65 bits per heavy atom. The summed E-state index contributed by atoms with van der Waals surface area (Å²) in [6.07, 6.45) is 3.19. The Hall–Kier alpha value is -1.31. The first-order chi connectivity index (χ1) is 8.18. The van der Waals surface area contributed by atoms with E-state index < -0.39 is 0 Å². The molecule has 0 aromatic heterocycles. The van der Waals surface area contributed by atoms with Gasteiger partial charge in [0, 0.05) is 12.5 Å². The van der Waals surface area contributed by atoms with Crippen LogP contribution in [-0.2, 0) is 17.8 Å². The number of aryl methyl sites for hydroxylation is 1. The zero-order valence-corrected chi connectivity index (χ0v) is 10.7. The summed E-state index contributed by atoms with van der Waals surface area (Å²) in [5.41, 5.74) is 2.66. The van der Waals surface area contributed by atoms with Gasteiger partial charge in [0.15, 0.2) is 0 Å². The number of hydrogen-bond acceptors (Lipinski definition) is 1. The second-order valence-corrected chi connectivity index (χ2v) is 5.23. The molecule has 1 heterocycles. The van der Waals surface area contributed by atoms with Crippen LogP contribution in [0.15, 0.2) is 24.3 Å². The van der Waals surface area contributed by atoms with E-state index in [2.05, 4.69) is 37.4 Å². The summed E-state index contributed by atoms with van der Waals surface area (Å²) in [6.45, 7) is 4.95. The number of carbonyl (C=O) groups excluding carboxylic acids is 1. The highest BCUT2D eigenvalue weighted by Crippen LogP contribution is 2.22. The van der Waals surface area contributed by atoms with Crippen LogP contribution in [0.4, 0.5) is 0 Å². The fraction of sp³-hybridized carbons (Fsp3) is 0.533. The van der Waals surface area contributed by atoms with Crippen molar-refractivity contribution in [2.75, 3.05) is 0 Å². The van der Waals surface area contributed by atoms with E-state index in [1.165, 1.54) is 11.1 Å². The zero-order chi connectivity index (χ0) is 12.3. The van der Waals surface area contributed by atoms with Gasteiger partial charge < -0.3 is 5.32 Å². The predicted octanol–water partition coefficient (Wildman–Crippen LogP) is 2.91. The van der Waals surface area contributed by atoms with Crippen molar-refractivity contribution in [1.29, 1.82) is 0 Å². The van der Waals surface area contributed by atoms with Crippen LogP contribution in [0.3, 0.4) is 0 Å². The highest BCUT2D eigenvalue weighted by Gasteiger charge is 2.22. The minimum atomic E-state index is 0.171. The van der Waals surface area contributed by atoms with Crippen molar-refractivity contribution in [3.8, 4) is 0 Å². The normalized spacial score (nSPS) is 21.1. The van der Waals surface area contributed by atoms with E-state index >= 15 is 0 Å². The van der Waals surface area contributed by atoms with Gasteiger partial charge in [0.2, 0.25) is 5.91 Å². The summed E-state index contributed by atoms with van der Waals surface area (Å²) >= 11 is 0. The van der Waals surface area contributed by atoms with E-state index in [0.717, 1.165) is 19.3 Å². The van der Waals surface area contributed by atoms with Crippen LogP contribution in [0.25, 0.3) is 0 Å². The molecule has 0 aliphatic carbocycles. The predicted molar refractivity (Wildman–Crippen MR) is 69.6 cm³/mol. The topological polar surface area (TPSA) is 29.1 Å². The van der Waals surface area contributed by atoms with Crippen molar-refractivity contribution >= 4 is 5.91 Å². The lowest BCUT2D eigenvalue weighted by Crippen LogP contribution is -2.32. The maximum Gasteiger partial charge on any atom is 0.223 e. The fourth-order valence-electron chi connectivity index (χ4n) is 2.57. The molecule has 1 aromatic carbocycles. The summed E-state index contributed by atoms with van der Waals surface area (Å²) in [6, 6.07) is 8.42. The third kappa shape index (κ3) is 2.87. The molecule has 1 aromatic rings. The molecule has 1 unspecified atom stereocenters. The lowest BCUT2D eigenvalue weighted by molar-refractivity contribution is -0.126. The maximum atomic E-state index is 12.1. The maximum absolute atomic E-state index is 12.1. The molecule has 0 saturated carbocycles. The molecule has 1 aliphatic heterocycles. The largest absolute Gasteiger partial charge is 0.352 e. The van der Waals surface area contributed by atoms with Gasteiger partial charge in [0.1, 0.15) is 0 Å². The number of benzene rings is 1. The van der Waals surface area contributed by atoms with Crippen LogP contribution in [0, 0.1) is 11.8 Å². The van der Waals surface area contributed by atoms with Gasteiger partial charge in [-0.15, -0.1) is 0 Å². The van der Waals surface area contributed by atoms with Gasteiger partial charge in [0.05, 0.1) is 0 Å². The van der Waals surface area contributed by atoms with Gasteiger partial charge in [-0.2, -0.15) is 0 Å². The van der Waals surface area contributed by atoms with Crippen molar-refractivity contribution in [2.45, 2.75) is 39.7 Å². The Balaban J connectivity index is 2.17. The Labute approximate surface area is 103 Å². The molecule has 1 atom stereocenters. The Morgan fingerprint density at radius 2 is 1.94 bits per heavy atom. The van der Waals surface area contributed by atoms with Gasteiger partial charge in [-0.25, -0.2) is 0 Å². The van der Waals surface area contributed by atoms with Crippen LogP contribution < -0.4 is 5.32 Å². The molecule has 0 fully saturated rings. The average Bonchev–Trinajstić information content (AvgIpc) is 2.39. The van der Waals surface area contributed by atoms with Crippen molar-refractivity contribution in [3.05, 3.63) is 35.4 Å². The van der Waals surface area contributed by atoms with Crippen molar-refractivity contribution in [1.82, 2.24) is 5.32 Å². The molecule has 2 heteroatoms. The van der Waals surface area contributed by atoms with Crippen molar-refractivity contribution in [3.63, 3.8) is 0 Å². The van der Waals surface area contributed by atoms with Crippen LogP contribution in [-0.4, -0.2) is 5.91 Å². The first kappa shape index (κ1) is 12.2. The first-order valence-electron chi connectivity index (χ1n) is 6.53. The number of hydrogen-bond donors (Lipinski definition) is 1. The summed E-state index contributed by atoms with van der Waals surface area (Å²) in [5.74, 6) is 0.817. The molecule has 0 saturated heterocycles. The summed E-state index contributed by atoms with van der Waals surface area (Å²) < 4.78 is 0. The quantitative estimate of drug-likeness (QED) is 0.791. The van der Waals surface area contributed by atoms with Gasteiger partial charge in [-0.1, -0.05) is 38.1 Å². The van der Waals surface area contributed by atoms with E-state index in [-0.39, 0.29) is 11.8 Å². The molecule has 17 heavy (non-hydrogen) atoms. The standard InChI is InChI=1S/C15H21NO/c1-11(2)14-9-5-8-12-6-3-4-7-13(12)10-16-15(14)17/h3-4,6-7,11,14H,5,8-10H2,1-2H3,(H,16,17). The highest BCUT2D eigenvalue weighted by molar-refractivity contribution is 5.78. The Kier molecular flexibility index (Phi) is 3.82. The summed E-state index contributed by atoms with van der Waals surface area (Å²) in [5, 5.41) is 3.07. The molecule has 0 spiro atoms. The second kappa shape index (κ2) is 5.35. The lowest BCUT2D eigenvalue weighted by atomic mass is 9.89. The molecule has 1 N–H and O–H groups in total. The molecule has 1 amide bonds. The van der Waals surface area contributed by atoms with Gasteiger partial charge in [-0.05, 0) is 36.3 Å². The van der Waals surface area contributed by atoms with E-state index in [4.69, 9.17) is 0 Å². The van der Waals surface area contributed by atoms with Crippen LogP contribution in [0.1, 0.15) is 37.8 Å². The number of carbonyl (C=O) groups is 1. The van der Waals surface area contributed by atoms with Gasteiger partial charge in [0.25, 0.3) is 0 Å². The molecule has 0 radical (unpaired) electrons. The minimum absolute atomic E-state index is 0.171. The smallest absolute Gasteiger partial charge is 0.223 e. The van der Waals surface area contributed by atoms with Crippen LogP contribution >= 0.6 is 0 Å². The van der Waals surface area contributed by atoms with Crippen molar-refractivity contribution < 1.29 is 4.79 Å². The second-order valence-electron chi connectivity index (χ2n) is 5.23. The van der Waals surface area contributed by atoms with E-state index in [1.807, 2.05) is 6.07 Å². The Bertz CT molecular complexity index is 398. The molecule has 0 bridgehead atoms. The Morgan fingerprint density at radius 1 is 1.24 bits per heavy atom. The number of rotatable bonds is 1. The van der Waals surface area contributed by atoms with Crippen LogP contribution in [0.2, 0.25) is 0 Å². The van der Waals surface area contributed by atoms with E-state index in [1.54, 1.807) is 0 Å². The van der Waals surface area contributed by atoms with Crippen molar-refractivity contribution in [2.24, 2.45) is 11.8 Å². The van der Waals surface area contributed by atoms with Gasteiger partial charge in [-0.3, -0.25) is 4.79 Å². The summed E-state index contributed by atoms with van der Waals surface area (Å²) in [4.78, 5) is 12.1. The minimum Gasteiger partial charge on any atom is -0.352 e. The highest BCUT2D eigenvalue weighted by atomic mass is 16.1. The SMILES string of the molecule is CC(C)C1CCCc2ccccc2CNC1=O. The molecular weight excluding hydrogens is 210 g/mol. The third-order valence-corrected chi connectivity index (χ3v) is 3.67. The van der Waals surface area contributed by atoms with Crippen LogP contribution in [0.5, 0.6) is 0 Å². The number of fused-ring (bicyclic) bond motifs is 1. The summed E-state index contributed by atoms with van der Waals surface area (Å²) in [7, 11) is 0. The molecule has 2 nitrogen and oxygen atoms in total. The number of amides is 1.